The first kappa shape index (κ1) is 22.7. The van der Waals surface area contributed by atoms with Crippen LogP contribution in [-0.4, -0.2) is 54.4 Å². The molecule has 1 amide bonds. The third-order valence-corrected chi connectivity index (χ3v) is 6.04. The largest absolute Gasteiger partial charge is 0.497 e. The summed E-state index contributed by atoms with van der Waals surface area (Å²) < 4.78 is 47.3. The van der Waals surface area contributed by atoms with Crippen molar-refractivity contribution in [2.75, 3.05) is 38.1 Å². The van der Waals surface area contributed by atoms with Crippen LogP contribution < -0.4 is 28.7 Å². The van der Waals surface area contributed by atoms with Gasteiger partial charge >= 0.3 is 0 Å². The Morgan fingerprint density at radius 3 is 2.58 bits per heavy atom. The Labute approximate surface area is 187 Å². The van der Waals surface area contributed by atoms with E-state index in [4.69, 9.17) is 18.9 Å². The fraction of sp³-hybridized carbons (Fsp3) is 0.263. The standard InChI is InChI=1S/C19H20BrN3O7S/c1-27-13-4-5-16(28-2)15(7-13)23(31(3,25)26)10-19(24)22-21-9-12-6-17-18(8-14(12)20)30-11-29-17/h4-9H,10-11H2,1-3H3,(H,22,24)/b21-9-. The lowest BCUT2D eigenvalue weighted by Crippen LogP contribution is -2.39. The number of ether oxygens (including phenoxy) is 4. The molecule has 10 nitrogen and oxygen atoms in total. The lowest BCUT2D eigenvalue weighted by Gasteiger charge is -2.23. The third kappa shape index (κ3) is 5.39. The minimum absolute atomic E-state index is 0.133. The third-order valence-electron chi connectivity index (χ3n) is 4.23. The van der Waals surface area contributed by atoms with Gasteiger partial charge in [0.2, 0.25) is 16.8 Å². The van der Waals surface area contributed by atoms with Crippen LogP contribution in [0.4, 0.5) is 5.69 Å². The number of sulfonamides is 1. The Balaban J connectivity index is 1.76. The second-order valence-corrected chi connectivity index (χ2v) is 9.09. The van der Waals surface area contributed by atoms with Crippen LogP contribution >= 0.6 is 15.9 Å². The van der Waals surface area contributed by atoms with E-state index < -0.39 is 22.5 Å². The van der Waals surface area contributed by atoms with Crippen LogP contribution in [0.1, 0.15) is 5.56 Å². The van der Waals surface area contributed by atoms with E-state index in [-0.39, 0.29) is 18.2 Å². The molecule has 12 heteroatoms. The first-order valence-corrected chi connectivity index (χ1v) is 11.5. The number of hydrogen-bond donors (Lipinski definition) is 1. The molecular weight excluding hydrogens is 494 g/mol. The van der Waals surface area contributed by atoms with Gasteiger partial charge in [-0.05, 0) is 40.2 Å². The van der Waals surface area contributed by atoms with Gasteiger partial charge < -0.3 is 18.9 Å². The second-order valence-electron chi connectivity index (χ2n) is 6.33. The molecule has 3 rings (SSSR count). The van der Waals surface area contributed by atoms with Gasteiger partial charge in [0.05, 0.1) is 32.4 Å². The van der Waals surface area contributed by atoms with Gasteiger partial charge in [-0.25, -0.2) is 13.8 Å². The lowest BCUT2D eigenvalue weighted by atomic mass is 10.2. The van der Waals surface area contributed by atoms with Crippen molar-refractivity contribution in [1.29, 1.82) is 0 Å². The van der Waals surface area contributed by atoms with Gasteiger partial charge in [0.1, 0.15) is 18.0 Å². The summed E-state index contributed by atoms with van der Waals surface area (Å²) in [6, 6.07) is 8.08. The second kappa shape index (κ2) is 9.43. The molecule has 0 atom stereocenters. The number of rotatable bonds is 8. The highest BCUT2D eigenvalue weighted by atomic mass is 79.9. The molecule has 0 aliphatic carbocycles. The quantitative estimate of drug-likeness (QED) is 0.424. The molecule has 0 fully saturated rings. The maximum absolute atomic E-state index is 12.4. The minimum atomic E-state index is -3.81. The van der Waals surface area contributed by atoms with E-state index >= 15 is 0 Å². The zero-order valence-corrected chi connectivity index (χ0v) is 19.3. The summed E-state index contributed by atoms with van der Waals surface area (Å²) in [5, 5.41) is 3.90. The zero-order chi connectivity index (χ0) is 22.6. The van der Waals surface area contributed by atoms with Crippen molar-refractivity contribution in [2.24, 2.45) is 5.10 Å². The summed E-state index contributed by atoms with van der Waals surface area (Å²) >= 11 is 3.39. The zero-order valence-electron chi connectivity index (χ0n) is 16.9. The van der Waals surface area contributed by atoms with Crippen molar-refractivity contribution in [3.63, 3.8) is 0 Å². The molecule has 0 spiro atoms. The summed E-state index contributed by atoms with van der Waals surface area (Å²) in [7, 11) is -0.962. The molecule has 1 aliphatic rings. The molecule has 1 heterocycles. The SMILES string of the molecule is COc1ccc(OC)c(N(CC(=O)N/N=C\c2cc3c(cc2Br)OCO3)S(C)(=O)=O)c1. The molecular formula is C19H20BrN3O7S. The molecule has 166 valence electrons. The number of methoxy groups -OCH3 is 2. The van der Waals surface area contributed by atoms with Crippen LogP contribution in [0.2, 0.25) is 0 Å². The van der Waals surface area contributed by atoms with Crippen molar-refractivity contribution in [2.45, 2.75) is 0 Å². The number of anilines is 1. The van der Waals surface area contributed by atoms with Gasteiger partial charge in [0, 0.05) is 16.1 Å². The number of nitrogens with zero attached hydrogens (tertiary/aromatic N) is 2. The van der Waals surface area contributed by atoms with Gasteiger partial charge in [-0.1, -0.05) is 0 Å². The number of hydrazone groups is 1. The van der Waals surface area contributed by atoms with Crippen LogP contribution in [0.5, 0.6) is 23.0 Å². The normalized spacial score (nSPS) is 12.6. The number of amides is 1. The van der Waals surface area contributed by atoms with Crippen molar-refractivity contribution in [1.82, 2.24) is 5.43 Å². The molecule has 0 bridgehead atoms. The van der Waals surface area contributed by atoms with Crippen LogP contribution in [-0.2, 0) is 14.8 Å². The summed E-state index contributed by atoms with van der Waals surface area (Å²) in [5.41, 5.74) is 3.13. The monoisotopic (exact) mass is 513 g/mol. The molecule has 1 aliphatic heterocycles. The number of carbonyl (C=O) groups excluding carboxylic acids is 1. The highest BCUT2D eigenvalue weighted by Gasteiger charge is 2.24. The van der Waals surface area contributed by atoms with Gasteiger partial charge in [0.15, 0.2) is 11.5 Å². The molecule has 2 aromatic rings. The molecule has 1 N–H and O–H groups in total. The number of nitrogens with one attached hydrogen (secondary N) is 1. The molecule has 0 unspecified atom stereocenters. The van der Waals surface area contributed by atoms with E-state index in [2.05, 4.69) is 26.5 Å². The lowest BCUT2D eigenvalue weighted by molar-refractivity contribution is -0.119. The van der Waals surface area contributed by atoms with Crippen molar-refractivity contribution in [3.8, 4) is 23.0 Å². The fourth-order valence-corrected chi connectivity index (χ4v) is 4.02. The number of carbonyl (C=O) groups is 1. The fourth-order valence-electron chi connectivity index (χ4n) is 2.74. The van der Waals surface area contributed by atoms with Crippen LogP contribution in [0, 0.1) is 0 Å². The van der Waals surface area contributed by atoms with Crippen LogP contribution in [0.15, 0.2) is 39.9 Å². The number of fused-ring (bicyclic) bond motifs is 1. The predicted octanol–water partition coefficient (Wildman–Crippen LogP) is 2.11. The Hall–Kier alpha value is -2.99. The topological polar surface area (TPSA) is 116 Å². The van der Waals surface area contributed by atoms with E-state index in [1.54, 1.807) is 24.3 Å². The first-order chi connectivity index (χ1) is 14.7. The summed E-state index contributed by atoms with van der Waals surface area (Å²) in [6.45, 7) is -0.379. The van der Waals surface area contributed by atoms with Crippen LogP contribution in [0.25, 0.3) is 0 Å². The Bertz CT molecular complexity index is 1120. The van der Waals surface area contributed by atoms with Crippen molar-refractivity contribution in [3.05, 3.63) is 40.4 Å². The summed E-state index contributed by atoms with van der Waals surface area (Å²) in [4.78, 5) is 12.4. The Morgan fingerprint density at radius 2 is 1.94 bits per heavy atom. The highest BCUT2D eigenvalue weighted by molar-refractivity contribution is 9.10. The molecule has 0 saturated carbocycles. The molecule has 2 aromatic carbocycles. The Morgan fingerprint density at radius 1 is 1.23 bits per heavy atom. The molecule has 0 radical (unpaired) electrons. The average Bonchev–Trinajstić information content (AvgIpc) is 3.17. The van der Waals surface area contributed by atoms with E-state index in [9.17, 15) is 13.2 Å². The van der Waals surface area contributed by atoms with Crippen LogP contribution in [0.3, 0.4) is 0 Å². The van der Waals surface area contributed by atoms with E-state index in [0.29, 0.717) is 27.3 Å². The first-order valence-electron chi connectivity index (χ1n) is 8.83. The molecule has 0 aromatic heterocycles. The van der Waals surface area contributed by atoms with E-state index in [1.165, 1.54) is 26.5 Å². The number of halogens is 1. The maximum Gasteiger partial charge on any atom is 0.260 e. The Kier molecular flexibility index (Phi) is 6.91. The van der Waals surface area contributed by atoms with Gasteiger partial charge in [-0.2, -0.15) is 5.10 Å². The van der Waals surface area contributed by atoms with E-state index in [1.807, 2.05) is 0 Å². The van der Waals surface area contributed by atoms with Gasteiger partial charge in [0.25, 0.3) is 5.91 Å². The maximum atomic E-state index is 12.4. The predicted molar refractivity (Wildman–Crippen MR) is 118 cm³/mol. The van der Waals surface area contributed by atoms with E-state index in [0.717, 1.165) is 10.6 Å². The smallest absolute Gasteiger partial charge is 0.260 e. The highest BCUT2D eigenvalue weighted by Crippen LogP contribution is 2.36. The number of benzene rings is 2. The summed E-state index contributed by atoms with van der Waals surface area (Å²) in [5.74, 6) is 1.19. The minimum Gasteiger partial charge on any atom is -0.497 e. The summed E-state index contributed by atoms with van der Waals surface area (Å²) in [6.07, 6.45) is 2.40. The van der Waals surface area contributed by atoms with Crippen molar-refractivity contribution >= 4 is 43.8 Å². The average molecular weight is 514 g/mol. The molecule has 0 saturated heterocycles. The van der Waals surface area contributed by atoms with Crippen molar-refractivity contribution < 1.29 is 32.2 Å². The van der Waals surface area contributed by atoms with Gasteiger partial charge in [-0.15, -0.1) is 0 Å². The van der Waals surface area contributed by atoms with Gasteiger partial charge in [-0.3, -0.25) is 9.10 Å². The number of hydrogen-bond acceptors (Lipinski definition) is 8. The molecule has 31 heavy (non-hydrogen) atoms.